The van der Waals surface area contributed by atoms with Crippen molar-refractivity contribution in [2.45, 2.75) is 23.7 Å². The van der Waals surface area contributed by atoms with E-state index in [1.165, 1.54) is 18.2 Å². The average molecular weight is 328 g/mol. The molecule has 0 heterocycles. The van der Waals surface area contributed by atoms with Crippen molar-refractivity contribution in [3.05, 3.63) is 42.0 Å². The van der Waals surface area contributed by atoms with Crippen molar-refractivity contribution in [2.24, 2.45) is 0 Å². The monoisotopic (exact) mass is 328 g/mol. The van der Waals surface area contributed by atoms with Gasteiger partial charge in [-0.2, -0.15) is 8.78 Å². The van der Waals surface area contributed by atoms with Crippen molar-refractivity contribution < 1.29 is 49.4 Å². The van der Waals surface area contributed by atoms with Crippen LogP contribution in [-0.2, 0) is 16.5 Å². The molecule has 0 aliphatic carbocycles. The second-order valence-electron chi connectivity index (χ2n) is 4.49. The summed E-state index contributed by atoms with van der Waals surface area (Å²) in [7, 11) is -4.67. The number of fused-ring (bicyclic) bond motifs is 1. The molecule has 9 heteroatoms. The van der Waals surface area contributed by atoms with E-state index in [1.54, 1.807) is 0 Å². The van der Waals surface area contributed by atoms with E-state index in [1.807, 2.05) is 0 Å². The maximum Gasteiger partial charge on any atom is 1.00 e. The predicted molar refractivity (Wildman–Crippen MR) is 66.6 cm³/mol. The summed E-state index contributed by atoms with van der Waals surface area (Å²) in [5, 5.41) is 0.416. The fraction of sp³-hybridized carbons (Fsp3) is 0.231. The zero-order valence-corrected chi connectivity index (χ0v) is 12.2. The van der Waals surface area contributed by atoms with E-state index in [9.17, 15) is 30.5 Å². The van der Waals surface area contributed by atoms with Crippen molar-refractivity contribution in [3.63, 3.8) is 0 Å². The first kappa shape index (κ1) is 19.0. The van der Waals surface area contributed by atoms with Gasteiger partial charge in [0, 0.05) is 6.42 Å². The third-order valence-corrected chi connectivity index (χ3v) is 3.81. The van der Waals surface area contributed by atoms with Crippen molar-refractivity contribution in [3.8, 4) is 0 Å². The van der Waals surface area contributed by atoms with Crippen LogP contribution in [0.1, 0.15) is 5.56 Å². The quantitative estimate of drug-likeness (QED) is 0.457. The van der Waals surface area contributed by atoms with Gasteiger partial charge in [0.2, 0.25) is 0 Å². The minimum atomic E-state index is -4.67. The van der Waals surface area contributed by atoms with E-state index >= 15 is 0 Å². The number of benzene rings is 2. The molecule has 0 radical (unpaired) electrons. The molecular formula is C13H9F4LiO3S. The summed E-state index contributed by atoms with van der Waals surface area (Å²) >= 11 is 0. The van der Waals surface area contributed by atoms with Gasteiger partial charge in [-0.15, -0.1) is 0 Å². The van der Waals surface area contributed by atoms with E-state index in [0.717, 1.165) is 18.2 Å². The molecule has 0 amide bonds. The van der Waals surface area contributed by atoms with E-state index < -0.39 is 33.8 Å². The molecule has 2 aromatic carbocycles. The molecule has 114 valence electrons. The smallest absolute Gasteiger partial charge is 0.744 e. The van der Waals surface area contributed by atoms with Gasteiger partial charge in [0.25, 0.3) is 0 Å². The van der Waals surface area contributed by atoms with Crippen LogP contribution >= 0.6 is 0 Å². The first-order chi connectivity index (χ1) is 9.61. The van der Waals surface area contributed by atoms with Crippen LogP contribution in [0.4, 0.5) is 17.6 Å². The first-order valence-corrected chi connectivity index (χ1v) is 7.15. The zero-order chi connectivity index (χ0) is 15.8. The maximum absolute atomic E-state index is 13.1. The summed E-state index contributed by atoms with van der Waals surface area (Å²) in [4.78, 5) is -0.507. The molecular weight excluding hydrogens is 319 g/mol. The number of rotatable bonds is 4. The second-order valence-corrected chi connectivity index (χ2v) is 5.87. The van der Waals surface area contributed by atoms with Crippen molar-refractivity contribution in [1.82, 2.24) is 0 Å². The Labute approximate surface area is 136 Å². The van der Waals surface area contributed by atoms with Crippen molar-refractivity contribution in [1.29, 1.82) is 0 Å². The minimum absolute atomic E-state index is 0. The van der Waals surface area contributed by atoms with Crippen LogP contribution in [0.5, 0.6) is 0 Å². The predicted octanol–water partition coefficient (Wildman–Crippen LogP) is 0.191. The molecule has 0 N–H and O–H groups in total. The number of hydrogen-bond acceptors (Lipinski definition) is 3. The van der Waals surface area contributed by atoms with E-state index in [4.69, 9.17) is 0 Å². The molecule has 0 atom stereocenters. The van der Waals surface area contributed by atoms with E-state index in [2.05, 4.69) is 0 Å². The normalized spacial score (nSPS) is 12.5. The second kappa shape index (κ2) is 6.58. The number of halogens is 4. The van der Waals surface area contributed by atoms with Gasteiger partial charge in [-0.25, -0.2) is 17.2 Å². The third-order valence-electron chi connectivity index (χ3n) is 2.98. The van der Waals surface area contributed by atoms with Crippen LogP contribution in [0.2, 0.25) is 0 Å². The first-order valence-electron chi connectivity index (χ1n) is 5.75. The van der Waals surface area contributed by atoms with Crippen LogP contribution in [0, 0.1) is 0 Å². The molecule has 2 rings (SSSR count). The SMILES string of the molecule is O=S(=O)([O-])c1ccc2c(CC(F)(F)C(F)F)cccc2c1.[Li+]. The molecule has 0 fully saturated rings. The summed E-state index contributed by atoms with van der Waals surface area (Å²) in [5.74, 6) is -4.18. The summed E-state index contributed by atoms with van der Waals surface area (Å²) in [6.07, 6.45) is -4.97. The molecule has 0 unspecified atom stereocenters. The summed E-state index contributed by atoms with van der Waals surface area (Å²) in [6.45, 7) is 0. The van der Waals surface area contributed by atoms with Gasteiger partial charge in [-0.05, 0) is 28.5 Å². The van der Waals surface area contributed by atoms with E-state index in [-0.39, 0.29) is 35.2 Å². The van der Waals surface area contributed by atoms with Gasteiger partial charge in [-0.1, -0.05) is 24.3 Å². The Morgan fingerprint density at radius 2 is 1.77 bits per heavy atom. The Kier molecular flexibility index (Phi) is 5.68. The topological polar surface area (TPSA) is 57.2 Å². The Hall–Kier alpha value is -1.07. The van der Waals surface area contributed by atoms with Gasteiger partial charge in [0.05, 0.1) is 4.90 Å². The summed E-state index contributed by atoms with van der Waals surface area (Å²) in [6, 6.07) is 7.16. The van der Waals surface area contributed by atoms with E-state index in [0.29, 0.717) is 0 Å². The maximum atomic E-state index is 13.1. The fourth-order valence-electron chi connectivity index (χ4n) is 1.97. The number of hydrogen-bond donors (Lipinski definition) is 0. The largest absolute Gasteiger partial charge is 1.00 e. The molecule has 0 aliphatic rings. The van der Waals surface area contributed by atoms with Crippen molar-refractivity contribution in [2.75, 3.05) is 0 Å². The Morgan fingerprint density at radius 1 is 1.14 bits per heavy atom. The summed E-state index contributed by atoms with van der Waals surface area (Å²) in [5.41, 5.74) is -0.0485. The third kappa shape index (κ3) is 4.01. The van der Waals surface area contributed by atoms with Gasteiger partial charge in [-0.3, -0.25) is 0 Å². The Bertz CT molecular complexity index is 778. The van der Waals surface area contributed by atoms with Gasteiger partial charge >= 0.3 is 31.2 Å². The average Bonchev–Trinajstić information content (AvgIpc) is 2.37. The molecule has 0 aromatic heterocycles. The Morgan fingerprint density at radius 3 is 2.32 bits per heavy atom. The van der Waals surface area contributed by atoms with Gasteiger partial charge < -0.3 is 4.55 Å². The van der Waals surface area contributed by atoms with Crippen LogP contribution in [0.15, 0.2) is 41.3 Å². The molecule has 0 bridgehead atoms. The molecule has 22 heavy (non-hydrogen) atoms. The van der Waals surface area contributed by atoms with Crippen LogP contribution in [0.25, 0.3) is 10.8 Å². The van der Waals surface area contributed by atoms with Crippen LogP contribution in [-0.4, -0.2) is 25.3 Å². The Balaban J connectivity index is 0.00000242. The molecule has 0 aliphatic heterocycles. The minimum Gasteiger partial charge on any atom is -0.744 e. The molecule has 0 spiro atoms. The molecule has 0 saturated heterocycles. The van der Waals surface area contributed by atoms with Crippen molar-refractivity contribution >= 4 is 20.9 Å². The van der Waals surface area contributed by atoms with Gasteiger partial charge in [0.15, 0.2) is 0 Å². The van der Waals surface area contributed by atoms with Crippen LogP contribution in [0.3, 0.4) is 0 Å². The zero-order valence-electron chi connectivity index (χ0n) is 11.4. The molecule has 0 saturated carbocycles. The number of alkyl halides is 4. The standard InChI is InChI=1S/C13H10F4O3S.Li/c14-12(15)13(16,17)7-9-3-1-2-8-6-10(21(18,19)20)4-5-11(8)9;/h1-6,12H,7H2,(H,18,19,20);/q;+1/p-1. The van der Waals surface area contributed by atoms with Crippen LogP contribution < -0.4 is 18.9 Å². The fourth-order valence-corrected chi connectivity index (χ4v) is 2.48. The van der Waals surface area contributed by atoms with Gasteiger partial charge in [0.1, 0.15) is 10.1 Å². The summed E-state index contributed by atoms with van der Waals surface area (Å²) < 4.78 is 83.5. The molecule has 3 nitrogen and oxygen atoms in total. The molecule has 2 aromatic rings.